The summed E-state index contributed by atoms with van der Waals surface area (Å²) < 4.78 is 10.9. The lowest BCUT2D eigenvalue weighted by Gasteiger charge is -2.05. The molecule has 0 aliphatic carbocycles. The highest BCUT2D eigenvalue weighted by Crippen LogP contribution is 2.07. The molecule has 0 saturated carbocycles. The summed E-state index contributed by atoms with van der Waals surface area (Å²) >= 11 is 0. The smallest absolute Gasteiger partial charge is 0.337 e. The Morgan fingerprint density at radius 3 is 2.71 bits per heavy atom. The number of rotatable bonds is 4. The molecular weight excluding hydrogens is 222 g/mol. The van der Waals surface area contributed by atoms with Crippen molar-refractivity contribution in [1.82, 2.24) is 4.57 Å². The monoisotopic (exact) mass is 237 g/mol. The topological polar surface area (TPSA) is 57.5 Å². The van der Waals surface area contributed by atoms with Crippen LogP contribution in [0, 0.1) is 0 Å². The van der Waals surface area contributed by atoms with E-state index in [-0.39, 0.29) is 5.56 Å². The first kappa shape index (κ1) is 13.0. The van der Waals surface area contributed by atoms with Crippen molar-refractivity contribution >= 4 is 5.97 Å². The summed E-state index contributed by atoms with van der Waals surface area (Å²) in [6.07, 6.45) is 3.28. The molecule has 0 bridgehead atoms. The molecule has 0 aliphatic heterocycles. The second-order valence-corrected chi connectivity index (χ2v) is 3.53. The Bertz CT molecular complexity index is 488. The minimum atomic E-state index is -0.465. The van der Waals surface area contributed by atoms with E-state index in [1.54, 1.807) is 19.3 Å². The Morgan fingerprint density at radius 2 is 2.18 bits per heavy atom. The largest absolute Gasteiger partial charge is 0.504 e. The van der Waals surface area contributed by atoms with E-state index >= 15 is 0 Å². The van der Waals surface area contributed by atoms with Crippen LogP contribution < -0.4 is 5.56 Å². The van der Waals surface area contributed by atoms with E-state index in [2.05, 4.69) is 4.74 Å². The molecule has 0 saturated heterocycles. The zero-order chi connectivity index (χ0) is 12.8. The molecule has 0 aliphatic rings. The summed E-state index contributed by atoms with van der Waals surface area (Å²) in [7, 11) is 4.42. The predicted octanol–water partition coefficient (Wildman–Crippen LogP) is 0.631. The average molecular weight is 237 g/mol. The van der Waals surface area contributed by atoms with Gasteiger partial charge in [0.25, 0.3) is 5.56 Å². The first-order chi connectivity index (χ1) is 8.08. The number of nitrogens with zero attached hydrogens (tertiary/aromatic N) is 1. The molecule has 0 radical (unpaired) electrons. The van der Waals surface area contributed by atoms with Crippen LogP contribution in [-0.4, -0.2) is 24.8 Å². The molecule has 17 heavy (non-hydrogen) atoms. The lowest BCUT2D eigenvalue weighted by Crippen LogP contribution is -2.16. The van der Waals surface area contributed by atoms with Crippen LogP contribution in [-0.2, 0) is 27.7 Å². The predicted molar refractivity (Wildman–Crippen MR) is 62.5 cm³/mol. The van der Waals surface area contributed by atoms with Gasteiger partial charge in [-0.3, -0.25) is 4.79 Å². The van der Waals surface area contributed by atoms with E-state index in [9.17, 15) is 9.59 Å². The number of aryl methyl sites for hydroxylation is 1. The van der Waals surface area contributed by atoms with Gasteiger partial charge in [0.2, 0.25) is 0 Å². The summed E-state index contributed by atoms with van der Waals surface area (Å²) in [6.45, 7) is 0. The van der Waals surface area contributed by atoms with Gasteiger partial charge in [-0.05, 0) is 11.6 Å². The summed E-state index contributed by atoms with van der Waals surface area (Å²) in [5.74, 6) is -0.465. The molecule has 0 spiro atoms. The quantitative estimate of drug-likeness (QED) is 0.438. The molecule has 0 atom stereocenters. The number of pyridine rings is 1. The van der Waals surface area contributed by atoms with Gasteiger partial charge in [-0.1, -0.05) is 0 Å². The van der Waals surface area contributed by atoms with Gasteiger partial charge in [0.15, 0.2) is 0 Å². The van der Waals surface area contributed by atoms with Crippen LogP contribution >= 0.6 is 0 Å². The van der Waals surface area contributed by atoms with Crippen LogP contribution in [0.4, 0.5) is 0 Å². The van der Waals surface area contributed by atoms with Crippen LogP contribution in [0.2, 0.25) is 0 Å². The minimum absolute atomic E-state index is 0.121. The van der Waals surface area contributed by atoms with E-state index in [4.69, 9.17) is 4.74 Å². The van der Waals surface area contributed by atoms with Crippen LogP contribution in [0.3, 0.4) is 0 Å². The number of hydrogen-bond acceptors (Lipinski definition) is 4. The van der Waals surface area contributed by atoms with Gasteiger partial charge >= 0.3 is 5.97 Å². The van der Waals surface area contributed by atoms with Crippen LogP contribution in [0.15, 0.2) is 35.0 Å². The van der Waals surface area contributed by atoms with Gasteiger partial charge in [0.05, 0.1) is 26.1 Å². The lowest BCUT2D eigenvalue weighted by atomic mass is 10.1. The van der Waals surface area contributed by atoms with Crippen molar-refractivity contribution in [3.05, 3.63) is 46.1 Å². The SMILES string of the molecule is CO/C=C(/Cc1ccn(C)c(=O)c1)C(=O)OC. The molecule has 0 unspecified atom stereocenters. The van der Waals surface area contributed by atoms with Crippen LogP contribution in [0.25, 0.3) is 0 Å². The molecule has 92 valence electrons. The van der Waals surface area contributed by atoms with Gasteiger partial charge in [-0.2, -0.15) is 0 Å². The van der Waals surface area contributed by atoms with Gasteiger partial charge in [-0.25, -0.2) is 4.79 Å². The van der Waals surface area contributed by atoms with E-state index in [0.29, 0.717) is 12.0 Å². The molecule has 0 aromatic carbocycles. The van der Waals surface area contributed by atoms with Crippen molar-refractivity contribution in [3.63, 3.8) is 0 Å². The third-order valence-corrected chi connectivity index (χ3v) is 2.27. The van der Waals surface area contributed by atoms with E-state index < -0.39 is 5.97 Å². The van der Waals surface area contributed by atoms with Crippen molar-refractivity contribution in [2.75, 3.05) is 14.2 Å². The van der Waals surface area contributed by atoms with E-state index in [1.807, 2.05) is 0 Å². The number of methoxy groups -OCH3 is 2. The van der Waals surface area contributed by atoms with Crippen molar-refractivity contribution in [1.29, 1.82) is 0 Å². The highest BCUT2D eigenvalue weighted by Gasteiger charge is 2.11. The van der Waals surface area contributed by atoms with Crippen molar-refractivity contribution < 1.29 is 14.3 Å². The zero-order valence-corrected chi connectivity index (χ0v) is 10.1. The number of esters is 1. The Balaban J connectivity index is 2.94. The number of hydrogen-bond donors (Lipinski definition) is 0. The molecule has 5 nitrogen and oxygen atoms in total. The molecule has 1 rings (SSSR count). The normalized spacial score (nSPS) is 11.1. The highest BCUT2D eigenvalue weighted by molar-refractivity contribution is 5.88. The fourth-order valence-corrected chi connectivity index (χ4v) is 1.35. The molecule has 0 N–H and O–H groups in total. The molecule has 0 amide bonds. The summed E-state index contributed by atoms with van der Waals surface area (Å²) in [6, 6.07) is 3.25. The third-order valence-electron chi connectivity index (χ3n) is 2.27. The van der Waals surface area contributed by atoms with Crippen molar-refractivity contribution in [3.8, 4) is 0 Å². The van der Waals surface area contributed by atoms with Crippen LogP contribution in [0.1, 0.15) is 5.56 Å². The van der Waals surface area contributed by atoms with Crippen molar-refractivity contribution in [2.24, 2.45) is 7.05 Å². The van der Waals surface area contributed by atoms with Gasteiger partial charge in [-0.15, -0.1) is 0 Å². The zero-order valence-electron chi connectivity index (χ0n) is 10.1. The maximum Gasteiger partial charge on any atom is 0.337 e. The summed E-state index contributed by atoms with van der Waals surface area (Å²) in [4.78, 5) is 22.8. The highest BCUT2D eigenvalue weighted by atomic mass is 16.5. The van der Waals surface area contributed by atoms with Crippen LogP contribution in [0.5, 0.6) is 0 Å². The molecule has 5 heteroatoms. The first-order valence-electron chi connectivity index (χ1n) is 5.04. The molecular formula is C12H15NO4. The first-order valence-corrected chi connectivity index (χ1v) is 5.04. The summed E-state index contributed by atoms with van der Waals surface area (Å²) in [5.41, 5.74) is 0.981. The maximum atomic E-state index is 11.4. The molecule has 1 aromatic rings. The summed E-state index contributed by atoms with van der Waals surface area (Å²) in [5, 5.41) is 0. The Hall–Kier alpha value is -2.04. The van der Waals surface area contributed by atoms with Gasteiger partial charge < -0.3 is 14.0 Å². The van der Waals surface area contributed by atoms with E-state index in [0.717, 1.165) is 5.56 Å². The number of aromatic nitrogens is 1. The standard InChI is InChI=1S/C12H15NO4/c1-13-5-4-9(7-11(13)14)6-10(8-16-2)12(15)17-3/h4-5,7-8H,6H2,1-3H3/b10-8-. The molecule has 0 fully saturated rings. The molecule has 1 aromatic heterocycles. The number of ether oxygens (including phenoxy) is 2. The molecule has 1 heterocycles. The second-order valence-electron chi connectivity index (χ2n) is 3.53. The lowest BCUT2D eigenvalue weighted by molar-refractivity contribution is -0.136. The average Bonchev–Trinajstić information content (AvgIpc) is 2.32. The Kier molecular flexibility index (Phi) is 4.51. The third kappa shape index (κ3) is 3.48. The minimum Gasteiger partial charge on any atom is -0.504 e. The van der Waals surface area contributed by atoms with Crippen molar-refractivity contribution in [2.45, 2.75) is 6.42 Å². The second kappa shape index (κ2) is 5.89. The Morgan fingerprint density at radius 1 is 1.47 bits per heavy atom. The number of carbonyl (C=O) groups is 1. The fraction of sp³-hybridized carbons (Fsp3) is 0.333. The fourth-order valence-electron chi connectivity index (χ4n) is 1.35. The maximum absolute atomic E-state index is 11.4. The van der Waals surface area contributed by atoms with E-state index in [1.165, 1.54) is 31.1 Å². The van der Waals surface area contributed by atoms with Gasteiger partial charge in [0, 0.05) is 25.7 Å². The number of carbonyl (C=O) groups excluding carboxylic acids is 1. The van der Waals surface area contributed by atoms with Gasteiger partial charge in [0.1, 0.15) is 0 Å². The Labute approximate surface area is 99.3 Å².